The molecule has 1 amide bonds. The van der Waals surface area contributed by atoms with Gasteiger partial charge in [0.05, 0.1) is 18.6 Å². The molecule has 1 saturated heterocycles. The molecule has 6 nitrogen and oxygen atoms in total. The van der Waals surface area contributed by atoms with E-state index in [2.05, 4.69) is 5.32 Å². The Kier molecular flexibility index (Phi) is 3.44. The molecule has 1 aliphatic carbocycles. The first-order valence-corrected chi connectivity index (χ1v) is 5.63. The molecule has 2 fully saturated rings. The smallest absolute Gasteiger partial charge is 0.222 e. The predicted molar refractivity (Wildman–Crippen MR) is 55.5 cm³/mol. The predicted octanol–water partition coefficient (Wildman–Crippen LogP) is -1.90. The van der Waals surface area contributed by atoms with Crippen LogP contribution in [0.5, 0.6) is 0 Å². The van der Waals surface area contributed by atoms with Crippen LogP contribution in [0, 0.1) is 0 Å². The van der Waals surface area contributed by atoms with Crippen LogP contribution in [0.3, 0.4) is 0 Å². The topological polar surface area (TPSA) is 105 Å². The number of ether oxygens (including phenoxy) is 1. The number of carbonyl (C=O) groups excluding carboxylic acids is 1. The lowest BCUT2D eigenvalue weighted by molar-refractivity contribution is -0.125. The van der Waals surface area contributed by atoms with Crippen molar-refractivity contribution in [3.63, 3.8) is 0 Å². The SMILES string of the molecule is NC[C@H]1O[C@@H](CC(=O)NC2CC2)[C@H](O)[C@@H]1O. The maximum atomic E-state index is 11.5. The molecule has 5 N–H and O–H groups in total. The van der Waals surface area contributed by atoms with E-state index in [-0.39, 0.29) is 18.9 Å². The van der Waals surface area contributed by atoms with Crippen LogP contribution in [-0.2, 0) is 9.53 Å². The molecular formula is C10H18N2O4. The van der Waals surface area contributed by atoms with Crippen molar-refractivity contribution in [2.24, 2.45) is 5.73 Å². The van der Waals surface area contributed by atoms with Crippen LogP contribution in [0.1, 0.15) is 19.3 Å². The van der Waals surface area contributed by atoms with E-state index < -0.39 is 24.4 Å². The number of hydrogen-bond acceptors (Lipinski definition) is 5. The second kappa shape index (κ2) is 4.67. The van der Waals surface area contributed by atoms with Crippen LogP contribution in [0.4, 0.5) is 0 Å². The fourth-order valence-corrected chi connectivity index (χ4v) is 1.89. The fraction of sp³-hybridized carbons (Fsp3) is 0.900. The minimum atomic E-state index is -1.03. The van der Waals surface area contributed by atoms with Gasteiger partial charge in [-0.15, -0.1) is 0 Å². The molecular weight excluding hydrogens is 212 g/mol. The quantitative estimate of drug-likeness (QED) is 0.451. The summed E-state index contributed by atoms with van der Waals surface area (Å²) in [5.41, 5.74) is 5.37. The molecule has 0 aromatic carbocycles. The zero-order valence-electron chi connectivity index (χ0n) is 9.00. The molecule has 1 saturated carbocycles. The maximum absolute atomic E-state index is 11.5. The number of nitrogens with two attached hydrogens (primary N) is 1. The molecule has 4 atom stereocenters. The number of nitrogens with one attached hydrogen (secondary N) is 1. The minimum absolute atomic E-state index is 0.0746. The molecule has 2 rings (SSSR count). The van der Waals surface area contributed by atoms with E-state index in [0.717, 1.165) is 12.8 Å². The lowest BCUT2D eigenvalue weighted by Crippen LogP contribution is -2.37. The summed E-state index contributed by atoms with van der Waals surface area (Å²) in [5, 5.41) is 22.0. The standard InChI is InChI=1S/C10H18N2O4/c11-4-7-10(15)9(14)6(16-7)3-8(13)12-5-1-2-5/h5-7,9-10,14-15H,1-4,11H2,(H,12,13)/t6-,7+,9-,10+/m0/s1. The molecule has 6 heteroatoms. The molecule has 0 radical (unpaired) electrons. The molecule has 0 aromatic rings. The van der Waals surface area contributed by atoms with Crippen LogP contribution in [-0.4, -0.2) is 53.1 Å². The average molecular weight is 230 g/mol. The zero-order chi connectivity index (χ0) is 11.7. The van der Waals surface area contributed by atoms with Crippen LogP contribution < -0.4 is 11.1 Å². The van der Waals surface area contributed by atoms with Gasteiger partial charge in [-0.3, -0.25) is 4.79 Å². The summed E-state index contributed by atoms with van der Waals surface area (Å²) >= 11 is 0. The number of carbonyl (C=O) groups is 1. The molecule has 0 unspecified atom stereocenters. The van der Waals surface area contributed by atoms with Crippen molar-refractivity contribution in [3.8, 4) is 0 Å². The van der Waals surface area contributed by atoms with Crippen molar-refractivity contribution >= 4 is 5.91 Å². The normalized spacial score (nSPS) is 38.7. The van der Waals surface area contributed by atoms with Crippen LogP contribution in [0.15, 0.2) is 0 Å². The molecule has 1 heterocycles. The summed E-state index contributed by atoms with van der Waals surface area (Å²) in [6.45, 7) is 0.138. The largest absolute Gasteiger partial charge is 0.388 e. The third-order valence-electron chi connectivity index (χ3n) is 3.02. The molecule has 0 bridgehead atoms. The van der Waals surface area contributed by atoms with Gasteiger partial charge in [0.25, 0.3) is 0 Å². The summed E-state index contributed by atoms with van der Waals surface area (Å²) in [4.78, 5) is 11.5. The van der Waals surface area contributed by atoms with E-state index in [1.54, 1.807) is 0 Å². The summed E-state index contributed by atoms with van der Waals surface area (Å²) in [6.07, 6.45) is -1.13. The van der Waals surface area contributed by atoms with Gasteiger partial charge in [-0.05, 0) is 12.8 Å². The Morgan fingerprint density at radius 1 is 1.31 bits per heavy atom. The number of rotatable bonds is 4. The fourth-order valence-electron chi connectivity index (χ4n) is 1.89. The van der Waals surface area contributed by atoms with Gasteiger partial charge >= 0.3 is 0 Å². The number of aliphatic hydroxyl groups excluding tert-OH is 2. The van der Waals surface area contributed by atoms with Crippen LogP contribution in [0.25, 0.3) is 0 Å². The van der Waals surface area contributed by atoms with Crippen molar-refractivity contribution in [2.75, 3.05) is 6.54 Å². The summed E-state index contributed by atoms with van der Waals surface area (Å²) < 4.78 is 5.32. The summed E-state index contributed by atoms with van der Waals surface area (Å²) in [6, 6.07) is 0.293. The van der Waals surface area contributed by atoms with Gasteiger partial charge in [-0.25, -0.2) is 0 Å². The zero-order valence-corrected chi connectivity index (χ0v) is 9.00. The molecule has 16 heavy (non-hydrogen) atoms. The first-order chi connectivity index (χ1) is 7.61. The highest BCUT2D eigenvalue weighted by Crippen LogP contribution is 2.24. The second-order valence-electron chi connectivity index (χ2n) is 4.48. The second-order valence-corrected chi connectivity index (χ2v) is 4.48. The van der Waals surface area contributed by atoms with Gasteiger partial charge in [0.15, 0.2) is 0 Å². The third kappa shape index (κ3) is 2.52. The van der Waals surface area contributed by atoms with Crippen molar-refractivity contribution in [1.82, 2.24) is 5.32 Å². The van der Waals surface area contributed by atoms with Crippen molar-refractivity contribution in [2.45, 2.75) is 49.7 Å². The molecule has 0 spiro atoms. The Hall–Kier alpha value is -0.690. The Bertz CT molecular complexity index is 270. The van der Waals surface area contributed by atoms with Gasteiger partial charge in [-0.1, -0.05) is 0 Å². The Balaban J connectivity index is 1.82. The lowest BCUT2D eigenvalue weighted by atomic mass is 10.1. The molecule has 0 aromatic heterocycles. The molecule has 92 valence electrons. The summed E-state index contributed by atoms with van der Waals surface area (Å²) in [7, 11) is 0. The number of amides is 1. The monoisotopic (exact) mass is 230 g/mol. The average Bonchev–Trinajstić information content (AvgIpc) is 3.01. The first kappa shape index (κ1) is 11.8. The third-order valence-corrected chi connectivity index (χ3v) is 3.02. The van der Waals surface area contributed by atoms with Gasteiger partial charge in [-0.2, -0.15) is 0 Å². The van der Waals surface area contributed by atoms with E-state index in [4.69, 9.17) is 10.5 Å². The first-order valence-electron chi connectivity index (χ1n) is 5.63. The van der Waals surface area contributed by atoms with E-state index in [0.29, 0.717) is 6.04 Å². The molecule has 1 aliphatic heterocycles. The minimum Gasteiger partial charge on any atom is -0.388 e. The lowest BCUT2D eigenvalue weighted by Gasteiger charge is -2.13. The van der Waals surface area contributed by atoms with Crippen molar-refractivity contribution in [1.29, 1.82) is 0 Å². The van der Waals surface area contributed by atoms with Crippen molar-refractivity contribution < 1.29 is 19.7 Å². The summed E-state index contributed by atoms with van der Waals surface area (Å²) in [5.74, 6) is -0.142. The van der Waals surface area contributed by atoms with Gasteiger partial charge in [0.1, 0.15) is 12.2 Å². The Labute approximate surface area is 93.8 Å². The highest BCUT2D eigenvalue weighted by molar-refractivity contribution is 5.77. The van der Waals surface area contributed by atoms with Crippen LogP contribution in [0.2, 0.25) is 0 Å². The van der Waals surface area contributed by atoms with E-state index in [1.165, 1.54) is 0 Å². The number of aliphatic hydroxyl groups is 2. The van der Waals surface area contributed by atoms with E-state index in [9.17, 15) is 15.0 Å². The number of hydrogen-bond donors (Lipinski definition) is 4. The van der Waals surface area contributed by atoms with Gasteiger partial charge in [0.2, 0.25) is 5.91 Å². The van der Waals surface area contributed by atoms with E-state index >= 15 is 0 Å². The maximum Gasteiger partial charge on any atom is 0.222 e. The Morgan fingerprint density at radius 2 is 1.94 bits per heavy atom. The molecule has 2 aliphatic rings. The highest BCUT2D eigenvalue weighted by atomic mass is 16.5. The van der Waals surface area contributed by atoms with Gasteiger partial charge < -0.3 is 26.0 Å². The van der Waals surface area contributed by atoms with Crippen molar-refractivity contribution in [3.05, 3.63) is 0 Å². The van der Waals surface area contributed by atoms with Crippen LogP contribution >= 0.6 is 0 Å². The highest BCUT2D eigenvalue weighted by Gasteiger charge is 2.42. The van der Waals surface area contributed by atoms with Gasteiger partial charge in [0, 0.05) is 12.6 Å². The Morgan fingerprint density at radius 3 is 2.44 bits per heavy atom. The van der Waals surface area contributed by atoms with E-state index in [1.807, 2.05) is 0 Å².